The van der Waals surface area contributed by atoms with Gasteiger partial charge in [-0.25, -0.2) is 0 Å². The summed E-state index contributed by atoms with van der Waals surface area (Å²) in [6.07, 6.45) is 0.446. The first-order valence-corrected chi connectivity index (χ1v) is 12.9. The lowest BCUT2D eigenvalue weighted by molar-refractivity contribution is -0.106. The van der Waals surface area contributed by atoms with Gasteiger partial charge in [-0.15, -0.1) is 0 Å². The molecule has 0 spiro atoms. The van der Waals surface area contributed by atoms with Crippen LogP contribution in [0.25, 0.3) is 0 Å². The number of nitrogens with zero attached hydrogens (tertiary/aromatic N) is 3. The molecule has 3 heterocycles. The largest absolute Gasteiger partial charge is 0.481 e. The Kier molecular flexibility index (Phi) is 6.23. The minimum atomic E-state index is -1.45. The maximum absolute atomic E-state index is 12.9. The molecule has 196 valence electrons. The Balaban J connectivity index is 1.59. The van der Waals surface area contributed by atoms with Crippen molar-refractivity contribution in [3.63, 3.8) is 0 Å². The number of methoxy groups -OCH3 is 2. The average molecular weight is 514 g/mol. The molecule has 2 fully saturated rings. The van der Waals surface area contributed by atoms with E-state index in [1.165, 1.54) is 0 Å². The van der Waals surface area contributed by atoms with Gasteiger partial charge >= 0.3 is 0 Å². The highest BCUT2D eigenvalue weighted by molar-refractivity contribution is 5.59. The van der Waals surface area contributed by atoms with Gasteiger partial charge in [0.15, 0.2) is 5.60 Å². The van der Waals surface area contributed by atoms with Crippen LogP contribution in [0.2, 0.25) is 0 Å². The van der Waals surface area contributed by atoms with Crippen molar-refractivity contribution in [3.8, 4) is 23.6 Å². The molecule has 1 aromatic heterocycles. The molecule has 0 amide bonds. The van der Waals surface area contributed by atoms with Gasteiger partial charge in [0.25, 0.3) is 0 Å². The monoisotopic (exact) mass is 513 g/mol. The average Bonchev–Trinajstić information content (AvgIpc) is 3.36. The van der Waals surface area contributed by atoms with Gasteiger partial charge in [-0.1, -0.05) is 42.5 Å². The fourth-order valence-corrected chi connectivity index (χ4v) is 6.76. The molecule has 3 aromatic rings. The van der Waals surface area contributed by atoms with Crippen molar-refractivity contribution in [2.45, 2.75) is 23.5 Å². The zero-order valence-corrected chi connectivity index (χ0v) is 21.6. The normalized spacial score (nSPS) is 28.2. The summed E-state index contributed by atoms with van der Waals surface area (Å²) in [5.41, 5.74) is 0.341. The smallest absolute Gasteiger partial charge is 0.226 e. The number of nitriles is 1. The Morgan fingerprint density at radius 1 is 1.08 bits per heavy atom. The standard InChI is InChI=1S/C30H31N3O5/c1-35-25-16-24-27(28(32-25)36-2)29(34)17-22(19-33-12-14-37-15-13-33)26(21-6-4-3-5-7-21)30(29,38-24)23-10-8-20(18-31)9-11-23/h3-11,16,22,26,34H,12-15,17,19H2,1-2H3/t22-,26-,29-,30+/m1/s1. The molecular formula is C30H31N3O5. The topological polar surface area (TPSA) is 97.1 Å². The summed E-state index contributed by atoms with van der Waals surface area (Å²) in [6, 6.07) is 21.6. The summed E-state index contributed by atoms with van der Waals surface area (Å²) < 4.78 is 23.7. The van der Waals surface area contributed by atoms with Crippen molar-refractivity contribution >= 4 is 0 Å². The van der Waals surface area contributed by atoms with Crippen molar-refractivity contribution in [1.29, 1.82) is 5.26 Å². The van der Waals surface area contributed by atoms with Crippen LogP contribution in [0.3, 0.4) is 0 Å². The minimum Gasteiger partial charge on any atom is -0.481 e. The molecule has 1 aliphatic carbocycles. The number of ether oxygens (including phenoxy) is 4. The lowest BCUT2D eigenvalue weighted by Gasteiger charge is -2.41. The van der Waals surface area contributed by atoms with Crippen LogP contribution in [-0.4, -0.2) is 62.1 Å². The summed E-state index contributed by atoms with van der Waals surface area (Å²) in [6.45, 7) is 3.88. The van der Waals surface area contributed by atoms with E-state index < -0.39 is 11.2 Å². The van der Waals surface area contributed by atoms with Crippen molar-refractivity contribution in [2.24, 2.45) is 5.92 Å². The maximum Gasteiger partial charge on any atom is 0.226 e. The molecule has 8 nitrogen and oxygen atoms in total. The number of benzene rings is 2. The highest BCUT2D eigenvalue weighted by atomic mass is 16.5. The van der Waals surface area contributed by atoms with Crippen LogP contribution in [0, 0.1) is 17.2 Å². The van der Waals surface area contributed by atoms with E-state index in [4.69, 9.17) is 18.9 Å². The minimum absolute atomic E-state index is 0.0519. The van der Waals surface area contributed by atoms with Crippen molar-refractivity contribution < 1.29 is 24.1 Å². The molecule has 3 aliphatic rings. The molecule has 2 aromatic carbocycles. The molecule has 1 N–H and O–H groups in total. The summed E-state index contributed by atoms with van der Waals surface area (Å²) in [4.78, 5) is 6.93. The van der Waals surface area contributed by atoms with Crippen LogP contribution < -0.4 is 14.2 Å². The van der Waals surface area contributed by atoms with E-state index in [2.05, 4.69) is 28.1 Å². The van der Waals surface area contributed by atoms with Gasteiger partial charge in [0, 0.05) is 31.6 Å². The van der Waals surface area contributed by atoms with Gasteiger partial charge in [0.05, 0.1) is 44.6 Å². The highest BCUT2D eigenvalue weighted by Gasteiger charge is 2.72. The molecule has 0 radical (unpaired) electrons. The third-order valence-electron chi connectivity index (χ3n) is 8.29. The first-order chi connectivity index (χ1) is 18.5. The van der Waals surface area contributed by atoms with Gasteiger partial charge in [-0.2, -0.15) is 10.2 Å². The lowest BCUT2D eigenvalue weighted by Crippen LogP contribution is -2.48. The van der Waals surface area contributed by atoms with Crippen molar-refractivity contribution in [2.75, 3.05) is 47.1 Å². The Hall–Kier alpha value is -3.64. The van der Waals surface area contributed by atoms with E-state index in [1.807, 2.05) is 30.3 Å². The third kappa shape index (κ3) is 3.65. The van der Waals surface area contributed by atoms with E-state index in [1.54, 1.807) is 32.4 Å². The highest BCUT2D eigenvalue weighted by Crippen LogP contribution is 2.70. The number of hydrogen-bond donors (Lipinski definition) is 1. The predicted molar refractivity (Wildman–Crippen MR) is 139 cm³/mol. The van der Waals surface area contributed by atoms with E-state index in [0.29, 0.717) is 42.4 Å². The quantitative estimate of drug-likeness (QED) is 0.534. The fourth-order valence-electron chi connectivity index (χ4n) is 6.76. The first kappa shape index (κ1) is 24.7. The zero-order valence-electron chi connectivity index (χ0n) is 21.6. The molecule has 0 unspecified atom stereocenters. The second kappa shape index (κ2) is 9.59. The van der Waals surface area contributed by atoms with Gasteiger partial charge < -0.3 is 24.1 Å². The van der Waals surface area contributed by atoms with E-state index in [0.717, 1.165) is 30.8 Å². The number of aliphatic hydroxyl groups is 1. The summed E-state index contributed by atoms with van der Waals surface area (Å²) in [5, 5.41) is 22.4. The molecule has 6 rings (SSSR count). The van der Waals surface area contributed by atoms with Crippen LogP contribution in [-0.2, 0) is 15.9 Å². The van der Waals surface area contributed by atoms with Crippen LogP contribution in [0.15, 0.2) is 60.7 Å². The van der Waals surface area contributed by atoms with Crippen LogP contribution in [0.1, 0.15) is 34.6 Å². The van der Waals surface area contributed by atoms with Crippen LogP contribution in [0.4, 0.5) is 0 Å². The third-order valence-corrected chi connectivity index (χ3v) is 8.29. The molecule has 1 saturated carbocycles. The number of aromatic nitrogens is 1. The van der Waals surface area contributed by atoms with E-state index >= 15 is 0 Å². The van der Waals surface area contributed by atoms with Gasteiger partial charge in [-0.3, -0.25) is 4.90 Å². The number of morpholine rings is 1. The Morgan fingerprint density at radius 3 is 2.47 bits per heavy atom. The Labute approximate surface area is 222 Å². The molecule has 4 atom stereocenters. The molecule has 1 saturated heterocycles. The summed E-state index contributed by atoms with van der Waals surface area (Å²) in [5.74, 6) is 0.978. The predicted octanol–water partition coefficient (Wildman–Crippen LogP) is 3.58. The fraction of sp³-hybridized carbons (Fsp3) is 0.400. The molecule has 8 heteroatoms. The number of fused-ring (bicyclic) bond motifs is 3. The lowest BCUT2D eigenvalue weighted by atomic mass is 9.71. The maximum atomic E-state index is 12.9. The molecule has 2 aliphatic heterocycles. The second-order valence-corrected chi connectivity index (χ2v) is 10.2. The number of rotatable bonds is 6. The number of pyridine rings is 1. The Bertz CT molecular complexity index is 1350. The summed E-state index contributed by atoms with van der Waals surface area (Å²) in [7, 11) is 3.09. The van der Waals surface area contributed by atoms with Crippen LogP contribution >= 0.6 is 0 Å². The van der Waals surface area contributed by atoms with Gasteiger partial charge in [0.2, 0.25) is 11.8 Å². The van der Waals surface area contributed by atoms with Crippen molar-refractivity contribution in [1.82, 2.24) is 9.88 Å². The van der Waals surface area contributed by atoms with E-state index in [-0.39, 0.29) is 17.7 Å². The SMILES string of the molecule is COc1cc2c(c(OC)n1)[C@]1(O)C[C@H](CN3CCOCC3)[C@@H](c3ccccc3)[C@]1(c1ccc(C#N)cc1)O2. The van der Waals surface area contributed by atoms with E-state index in [9.17, 15) is 10.4 Å². The van der Waals surface area contributed by atoms with Crippen molar-refractivity contribution in [3.05, 3.63) is 82.9 Å². The second-order valence-electron chi connectivity index (χ2n) is 10.2. The van der Waals surface area contributed by atoms with Gasteiger partial charge in [-0.05, 0) is 35.6 Å². The number of hydrogen-bond acceptors (Lipinski definition) is 8. The zero-order chi connectivity index (χ0) is 26.3. The van der Waals surface area contributed by atoms with Gasteiger partial charge in [0.1, 0.15) is 11.4 Å². The molecule has 38 heavy (non-hydrogen) atoms. The summed E-state index contributed by atoms with van der Waals surface area (Å²) >= 11 is 0. The Morgan fingerprint density at radius 2 is 1.82 bits per heavy atom. The first-order valence-electron chi connectivity index (χ1n) is 12.9. The van der Waals surface area contributed by atoms with Crippen LogP contribution in [0.5, 0.6) is 17.5 Å². The molecule has 0 bridgehead atoms. The molecular weight excluding hydrogens is 482 g/mol.